The van der Waals surface area contributed by atoms with E-state index in [4.69, 9.17) is 5.73 Å². The highest BCUT2D eigenvalue weighted by Gasteiger charge is 2.14. The summed E-state index contributed by atoms with van der Waals surface area (Å²) in [5.74, 6) is 0.628. The molecule has 3 nitrogen and oxygen atoms in total. The van der Waals surface area contributed by atoms with Gasteiger partial charge in [-0.1, -0.05) is 13.3 Å². The summed E-state index contributed by atoms with van der Waals surface area (Å²) in [6.07, 6.45) is 2.00. The van der Waals surface area contributed by atoms with Crippen molar-refractivity contribution in [2.24, 2.45) is 0 Å². The van der Waals surface area contributed by atoms with Gasteiger partial charge < -0.3 is 5.73 Å². The fourth-order valence-corrected chi connectivity index (χ4v) is 3.06. The first kappa shape index (κ1) is 11.9. The molecule has 0 aromatic carbocycles. The topological polar surface area (TPSA) is 43.3 Å². The Morgan fingerprint density at radius 3 is 2.69 bits per heavy atom. The van der Waals surface area contributed by atoms with E-state index in [0.29, 0.717) is 5.82 Å². The molecule has 0 saturated carbocycles. The highest BCUT2D eigenvalue weighted by molar-refractivity contribution is 9.11. The van der Waals surface area contributed by atoms with E-state index in [1.165, 1.54) is 0 Å². The van der Waals surface area contributed by atoms with E-state index in [1.807, 2.05) is 6.07 Å². The Kier molecular flexibility index (Phi) is 3.26. The lowest BCUT2D eigenvalue weighted by Crippen LogP contribution is -2.00. The first-order valence-electron chi connectivity index (χ1n) is 5.17. The van der Waals surface area contributed by atoms with Gasteiger partial charge >= 0.3 is 0 Å². The first-order chi connectivity index (χ1) is 7.56. The van der Waals surface area contributed by atoms with E-state index >= 15 is 0 Å². The minimum absolute atomic E-state index is 0.628. The molecule has 86 valence electrons. The van der Waals surface area contributed by atoms with Gasteiger partial charge in [0.1, 0.15) is 5.82 Å². The van der Waals surface area contributed by atoms with Crippen molar-refractivity contribution in [1.29, 1.82) is 0 Å². The van der Waals surface area contributed by atoms with Crippen molar-refractivity contribution in [3.63, 3.8) is 0 Å². The minimum atomic E-state index is 0.628. The summed E-state index contributed by atoms with van der Waals surface area (Å²) >= 11 is 7.05. The minimum Gasteiger partial charge on any atom is -0.382 e. The standard InChI is InChI=1S/C11H13Br2N3/c1-3-4-9-10(14)15-11-8(13)5-7(12)6(2)16(9)11/h5H,3-4,14H2,1-2H3. The molecule has 0 unspecified atom stereocenters. The predicted molar refractivity (Wildman–Crippen MR) is 73.7 cm³/mol. The molecule has 0 bridgehead atoms. The molecular formula is C11H13Br2N3. The van der Waals surface area contributed by atoms with Gasteiger partial charge in [-0.2, -0.15) is 0 Å². The highest BCUT2D eigenvalue weighted by Crippen LogP contribution is 2.29. The maximum Gasteiger partial charge on any atom is 0.154 e. The number of hydrogen-bond acceptors (Lipinski definition) is 2. The van der Waals surface area contributed by atoms with Crippen LogP contribution in [0.15, 0.2) is 15.0 Å². The van der Waals surface area contributed by atoms with Gasteiger partial charge in [-0.25, -0.2) is 4.98 Å². The van der Waals surface area contributed by atoms with E-state index in [9.17, 15) is 0 Å². The number of hydrogen-bond donors (Lipinski definition) is 1. The lowest BCUT2D eigenvalue weighted by Gasteiger charge is -2.08. The molecule has 0 aliphatic rings. The molecule has 16 heavy (non-hydrogen) atoms. The SMILES string of the molecule is CCCc1c(N)nc2c(Br)cc(Br)c(C)n12. The molecule has 0 aliphatic carbocycles. The van der Waals surface area contributed by atoms with E-state index in [1.54, 1.807) is 0 Å². The molecular weight excluding hydrogens is 334 g/mol. The Bertz CT molecular complexity index is 546. The summed E-state index contributed by atoms with van der Waals surface area (Å²) in [6, 6.07) is 2.01. The second kappa shape index (κ2) is 4.37. The first-order valence-corrected chi connectivity index (χ1v) is 6.76. The molecule has 2 aromatic rings. The van der Waals surface area contributed by atoms with Crippen LogP contribution in [-0.2, 0) is 6.42 Å². The zero-order valence-corrected chi connectivity index (χ0v) is 12.4. The normalized spacial score (nSPS) is 11.2. The van der Waals surface area contributed by atoms with Gasteiger partial charge in [-0.15, -0.1) is 0 Å². The summed E-state index contributed by atoms with van der Waals surface area (Å²) in [4.78, 5) is 4.41. The van der Waals surface area contributed by atoms with Crippen molar-refractivity contribution >= 4 is 43.3 Å². The van der Waals surface area contributed by atoms with Crippen LogP contribution in [0.2, 0.25) is 0 Å². The summed E-state index contributed by atoms with van der Waals surface area (Å²) in [7, 11) is 0. The van der Waals surface area contributed by atoms with Gasteiger partial charge in [0.05, 0.1) is 10.2 Å². The van der Waals surface area contributed by atoms with Gasteiger partial charge in [0.15, 0.2) is 5.65 Å². The van der Waals surface area contributed by atoms with Gasteiger partial charge in [0.25, 0.3) is 0 Å². The lowest BCUT2D eigenvalue weighted by molar-refractivity contribution is 0.856. The number of rotatable bonds is 2. The molecule has 0 atom stereocenters. The largest absolute Gasteiger partial charge is 0.382 e. The number of anilines is 1. The van der Waals surface area contributed by atoms with Crippen LogP contribution in [0.3, 0.4) is 0 Å². The van der Waals surface area contributed by atoms with Crippen molar-refractivity contribution in [2.45, 2.75) is 26.7 Å². The lowest BCUT2D eigenvalue weighted by atomic mass is 10.2. The average molecular weight is 347 g/mol. The number of nitrogen functional groups attached to an aromatic ring is 1. The fraction of sp³-hybridized carbons (Fsp3) is 0.364. The molecule has 0 saturated heterocycles. The van der Waals surface area contributed by atoms with Crippen LogP contribution in [0, 0.1) is 6.92 Å². The molecule has 0 aliphatic heterocycles. The Morgan fingerprint density at radius 2 is 2.06 bits per heavy atom. The van der Waals surface area contributed by atoms with Crippen molar-refractivity contribution in [3.05, 3.63) is 26.4 Å². The Labute approximate surface area is 111 Å². The number of pyridine rings is 1. The molecule has 0 amide bonds. The summed E-state index contributed by atoms with van der Waals surface area (Å²) in [6.45, 7) is 4.20. The number of nitrogens with zero attached hydrogens (tertiary/aromatic N) is 2. The third-order valence-electron chi connectivity index (χ3n) is 2.64. The molecule has 5 heteroatoms. The van der Waals surface area contributed by atoms with Gasteiger partial charge in [-0.05, 0) is 51.3 Å². The maximum absolute atomic E-state index is 5.96. The molecule has 2 aromatic heterocycles. The van der Waals surface area contributed by atoms with Crippen LogP contribution in [0.5, 0.6) is 0 Å². The van der Waals surface area contributed by atoms with Crippen molar-refractivity contribution in [1.82, 2.24) is 9.38 Å². The Hall–Kier alpha value is -0.550. The van der Waals surface area contributed by atoms with Gasteiger partial charge in [0.2, 0.25) is 0 Å². The van der Waals surface area contributed by atoms with Crippen LogP contribution in [0.4, 0.5) is 5.82 Å². The van der Waals surface area contributed by atoms with Crippen LogP contribution in [-0.4, -0.2) is 9.38 Å². The van der Waals surface area contributed by atoms with Crippen molar-refractivity contribution < 1.29 is 0 Å². The number of halogens is 2. The van der Waals surface area contributed by atoms with Gasteiger partial charge in [-0.3, -0.25) is 4.40 Å². The predicted octanol–water partition coefficient (Wildman–Crippen LogP) is 3.70. The van der Waals surface area contributed by atoms with E-state index < -0.39 is 0 Å². The van der Waals surface area contributed by atoms with Gasteiger partial charge in [0, 0.05) is 10.2 Å². The zero-order valence-electron chi connectivity index (χ0n) is 9.22. The highest BCUT2D eigenvalue weighted by atomic mass is 79.9. The quantitative estimate of drug-likeness (QED) is 0.900. The number of fused-ring (bicyclic) bond motifs is 1. The summed E-state index contributed by atoms with van der Waals surface area (Å²) in [5.41, 5.74) is 9.07. The third-order valence-corrected chi connectivity index (χ3v) is 4.02. The Balaban J connectivity index is 2.85. The number of aryl methyl sites for hydroxylation is 2. The monoisotopic (exact) mass is 345 g/mol. The fourth-order valence-electron chi connectivity index (χ4n) is 1.86. The number of nitrogens with two attached hydrogens (primary N) is 1. The summed E-state index contributed by atoms with van der Waals surface area (Å²) in [5, 5.41) is 0. The molecule has 0 radical (unpaired) electrons. The zero-order chi connectivity index (χ0) is 11.9. The average Bonchev–Trinajstić information content (AvgIpc) is 2.55. The molecule has 2 heterocycles. The maximum atomic E-state index is 5.96. The van der Waals surface area contributed by atoms with Crippen LogP contribution in [0.25, 0.3) is 5.65 Å². The van der Waals surface area contributed by atoms with E-state index in [-0.39, 0.29) is 0 Å². The second-order valence-electron chi connectivity index (χ2n) is 3.78. The second-order valence-corrected chi connectivity index (χ2v) is 5.49. The Morgan fingerprint density at radius 1 is 1.38 bits per heavy atom. The summed E-state index contributed by atoms with van der Waals surface area (Å²) < 4.78 is 4.13. The van der Waals surface area contributed by atoms with E-state index in [2.05, 4.69) is 55.1 Å². The molecule has 2 N–H and O–H groups in total. The smallest absolute Gasteiger partial charge is 0.154 e. The van der Waals surface area contributed by atoms with Crippen LogP contribution < -0.4 is 5.73 Å². The molecule has 2 rings (SSSR count). The van der Waals surface area contributed by atoms with Crippen LogP contribution in [0.1, 0.15) is 24.7 Å². The van der Waals surface area contributed by atoms with Crippen LogP contribution >= 0.6 is 31.9 Å². The van der Waals surface area contributed by atoms with Crippen molar-refractivity contribution in [2.75, 3.05) is 5.73 Å². The number of imidazole rings is 1. The molecule has 0 spiro atoms. The number of aromatic nitrogens is 2. The third kappa shape index (κ3) is 1.76. The van der Waals surface area contributed by atoms with Crippen molar-refractivity contribution in [3.8, 4) is 0 Å². The molecule has 0 fully saturated rings. The van der Waals surface area contributed by atoms with E-state index in [0.717, 1.165) is 38.8 Å².